The number of rotatable bonds is 6. The zero-order valence-electron chi connectivity index (χ0n) is 13.2. The number of carboxylic acids is 1. The van der Waals surface area contributed by atoms with Crippen LogP contribution in [0.25, 0.3) is 11.4 Å². The zero-order chi connectivity index (χ0) is 16.8. The second kappa shape index (κ2) is 7.49. The number of hydrogen-bond acceptors (Lipinski definition) is 4. The van der Waals surface area contributed by atoms with E-state index in [0.717, 1.165) is 5.56 Å². The van der Waals surface area contributed by atoms with Gasteiger partial charge in [0, 0.05) is 18.3 Å². The molecule has 0 saturated carbocycles. The molecular weight excluding hydrogens is 294 g/mol. The third-order valence-corrected chi connectivity index (χ3v) is 3.35. The van der Waals surface area contributed by atoms with Crippen LogP contribution in [0, 0.1) is 6.92 Å². The van der Waals surface area contributed by atoms with E-state index < -0.39 is 5.97 Å². The van der Waals surface area contributed by atoms with E-state index in [9.17, 15) is 9.59 Å². The summed E-state index contributed by atoms with van der Waals surface area (Å²) in [6.07, 6.45) is 2.15. The third-order valence-electron chi connectivity index (χ3n) is 3.35. The molecule has 0 fully saturated rings. The Morgan fingerprint density at radius 1 is 1.22 bits per heavy atom. The third kappa shape index (κ3) is 4.12. The Balaban J connectivity index is 2.29. The van der Waals surface area contributed by atoms with E-state index in [1.807, 2.05) is 37.3 Å². The number of aryl methyl sites for hydroxylation is 1. The van der Waals surface area contributed by atoms with Crippen LogP contribution < -0.4 is 0 Å². The SMILES string of the molecule is CCCN(CC(=O)O)C(=O)c1cnc(-c2ccccc2)nc1C. The molecule has 0 spiro atoms. The number of carboxylic acid groups (broad SMARTS) is 1. The van der Waals surface area contributed by atoms with Gasteiger partial charge in [0.15, 0.2) is 5.82 Å². The predicted molar refractivity (Wildman–Crippen MR) is 86.0 cm³/mol. The maximum Gasteiger partial charge on any atom is 0.323 e. The number of nitrogens with zero attached hydrogens (tertiary/aromatic N) is 3. The Kier molecular flexibility index (Phi) is 5.41. The summed E-state index contributed by atoms with van der Waals surface area (Å²) in [7, 11) is 0. The summed E-state index contributed by atoms with van der Waals surface area (Å²) in [5.41, 5.74) is 1.74. The Bertz CT molecular complexity index is 701. The summed E-state index contributed by atoms with van der Waals surface area (Å²) in [6.45, 7) is 3.67. The van der Waals surface area contributed by atoms with Gasteiger partial charge in [0.1, 0.15) is 6.54 Å². The van der Waals surface area contributed by atoms with E-state index in [2.05, 4.69) is 9.97 Å². The summed E-state index contributed by atoms with van der Waals surface area (Å²) in [6, 6.07) is 9.48. The van der Waals surface area contributed by atoms with E-state index in [0.29, 0.717) is 30.0 Å². The van der Waals surface area contributed by atoms with Crippen molar-refractivity contribution in [2.24, 2.45) is 0 Å². The van der Waals surface area contributed by atoms with E-state index in [1.54, 1.807) is 6.92 Å². The van der Waals surface area contributed by atoms with E-state index in [4.69, 9.17) is 5.11 Å². The smallest absolute Gasteiger partial charge is 0.323 e. The van der Waals surface area contributed by atoms with Gasteiger partial charge in [-0.15, -0.1) is 0 Å². The Morgan fingerprint density at radius 2 is 1.91 bits per heavy atom. The summed E-state index contributed by atoms with van der Waals surface area (Å²) in [5.74, 6) is -0.849. The van der Waals surface area contributed by atoms with Crippen LogP contribution in [0.4, 0.5) is 0 Å². The number of hydrogen-bond donors (Lipinski definition) is 1. The minimum absolute atomic E-state index is 0.327. The molecule has 0 saturated heterocycles. The lowest BCUT2D eigenvalue weighted by molar-refractivity contribution is -0.137. The lowest BCUT2D eigenvalue weighted by Gasteiger charge is -2.20. The fourth-order valence-corrected chi connectivity index (χ4v) is 2.26. The highest BCUT2D eigenvalue weighted by atomic mass is 16.4. The first-order valence-corrected chi connectivity index (χ1v) is 7.43. The van der Waals surface area contributed by atoms with Crippen molar-refractivity contribution in [2.45, 2.75) is 20.3 Å². The van der Waals surface area contributed by atoms with Gasteiger partial charge in [-0.05, 0) is 13.3 Å². The quantitative estimate of drug-likeness (QED) is 0.885. The normalized spacial score (nSPS) is 10.3. The lowest BCUT2D eigenvalue weighted by Crippen LogP contribution is -2.36. The molecule has 0 bridgehead atoms. The predicted octanol–water partition coefficient (Wildman–Crippen LogP) is 2.39. The van der Waals surface area contributed by atoms with Gasteiger partial charge in [0.2, 0.25) is 0 Å². The first-order chi connectivity index (χ1) is 11.0. The Labute approximate surface area is 134 Å². The van der Waals surface area contributed by atoms with Crippen molar-refractivity contribution in [3.8, 4) is 11.4 Å². The second-order valence-electron chi connectivity index (χ2n) is 5.18. The molecule has 1 heterocycles. The maximum atomic E-state index is 12.5. The molecule has 0 radical (unpaired) electrons. The molecule has 0 aliphatic carbocycles. The first-order valence-electron chi connectivity index (χ1n) is 7.43. The van der Waals surface area contributed by atoms with Crippen molar-refractivity contribution in [3.05, 3.63) is 47.8 Å². The van der Waals surface area contributed by atoms with Gasteiger partial charge >= 0.3 is 5.97 Å². The van der Waals surface area contributed by atoms with E-state index in [-0.39, 0.29) is 12.5 Å². The lowest BCUT2D eigenvalue weighted by atomic mass is 10.1. The molecule has 2 rings (SSSR count). The molecule has 6 nitrogen and oxygen atoms in total. The van der Waals surface area contributed by atoms with Crippen molar-refractivity contribution in [1.82, 2.24) is 14.9 Å². The fourth-order valence-electron chi connectivity index (χ4n) is 2.26. The number of benzene rings is 1. The number of carbonyl (C=O) groups is 2. The molecule has 1 aromatic heterocycles. The van der Waals surface area contributed by atoms with Gasteiger partial charge < -0.3 is 10.0 Å². The minimum Gasteiger partial charge on any atom is -0.480 e. The number of amides is 1. The fraction of sp³-hybridized carbons (Fsp3) is 0.294. The van der Waals surface area contributed by atoms with Crippen molar-refractivity contribution in [2.75, 3.05) is 13.1 Å². The van der Waals surface area contributed by atoms with Crippen LogP contribution in [-0.4, -0.2) is 44.9 Å². The van der Waals surface area contributed by atoms with Crippen molar-refractivity contribution < 1.29 is 14.7 Å². The Morgan fingerprint density at radius 3 is 2.48 bits per heavy atom. The largest absolute Gasteiger partial charge is 0.480 e. The van der Waals surface area contributed by atoms with Gasteiger partial charge in [-0.1, -0.05) is 37.3 Å². The minimum atomic E-state index is -1.04. The van der Waals surface area contributed by atoms with Gasteiger partial charge in [0.05, 0.1) is 11.3 Å². The average Bonchev–Trinajstić information content (AvgIpc) is 2.54. The molecule has 0 atom stereocenters. The highest BCUT2D eigenvalue weighted by Crippen LogP contribution is 2.16. The van der Waals surface area contributed by atoms with Crippen LogP contribution in [0.3, 0.4) is 0 Å². The maximum absolute atomic E-state index is 12.5. The van der Waals surface area contributed by atoms with E-state index >= 15 is 0 Å². The molecule has 120 valence electrons. The number of aromatic nitrogens is 2. The molecule has 2 aromatic rings. The molecule has 6 heteroatoms. The van der Waals surface area contributed by atoms with Crippen LogP contribution in [0.15, 0.2) is 36.5 Å². The van der Waals surface area contributed by atoms with E-state index in [1.165, 1.54) is 11.1 Å². The van der Waals surface area contributed by atoms with Crippen LogP contribution in [0.5, 0.6) is 0 Å². The van der Waals surface area contributed by atoms with Gasteiger partial charge in [-0.25, -0.2) is 9.97 Å². The Hall–Kier alpha value is -2.76. The van der Waals surface area contributed by atoms with Crippen LogP contribution >= 0.6 is 0 Å². The molecule has 1 N–H and O–H groups in total. The molecule has 23 heavy (non-hydrogen) atoms. The topological polar surface area (TPSA) is 83.4 Å². The molecule has 0 aliphatic heterocycles. The van der Waals surface area contributed by atoms with Crippen LogP contribution in [0.1, 0.15) is 29.4 Å². The highest BCUT2D eigenvalue weighted by Gasteiger charge is 2.20. The molecular formula is C17H19N3O3. The number of carbonyl (C=O) groups excluding carboxylic acids is 1. The summed E-state index contributed by atoms with van der Waals surface area (Å²) in [4.78, 5) is 33.4. The standard InChI is InChI=1S/C17H19N3O3/c1-3-9-20(11-15(21)22)17(23)14-10-18-16(19-12(14)2)13-7-5-4-6-8-13/h4-8,10H,3,9,11H2,1-2H3,(H,21,22). The van der Waals surface area contributed by atoms with Crippen molar-refractivity contribution in [1.29, 1.82) is 0 Å². The zero-order valence-corrected chi connectivity index (χ0v) is 13.2. The molecule has 1 amide bonds. The molecule has 0 aliphatic rings. The average molecular weight is 313 g/mol. The van der Waals surface area contributed by atoms with Gasteiger partial charge in [-0.3, -0.25) is 9.59 Å². The molecule has 1 aromatic carbocycles. The van der Waals surface area contributed by atoms with Gasteiger partial charge in [0.25, 0.3) is 5.91 Å². The van der Waals surface area contributed by atoms with Crippen molar-refractivity contribution >= 4 is 11.9 Å². The highest BCUT2D eigenvalue weighted by molar-refractivity contribution is 5.96. The summed E-state index contributed by atoms with van der Waals surface area (Å²) < 4.78 is 0. The van der Waals surface area contributed by atoms with Crippen LogP contribution in [0.2, 0.25) is 0 Å². The summed E-state index contributed by atoms with van der Waals surface area (Å²) >= 11 is 0. The van der Waals surface area contributed by atoms with Gasteiger partial charge in [-0.2, -0.15) is 0 Å². The van der Waals surface area contributed by atoms with Crippen molar-refractivity contribution in [3.63, 3.8) is 0 Å². The number of aliphatic carboxylic acids is 1. The first kappa shape index (κ1) is 16.6. The molecule has 0 unspecified atom stereocenters. The summed E-state index contributed by atoms with van der Waals surface area (Å²) in [5, 5.41) is 8.94. The van der Waals surface area contributed by atoms with Crippen LogP contribution in [-0.2, 0) is 4.79 Å². The second-order valence-corrected chi connectivity index (χ2v) is 5.18. The monoisotopic (exact) mass is 313 g/mol.